The number of hydrogen-bond acceptors (Lipinski definition) is 6. The van der Waals surface area contributed by atoms with Crippen LogP contribution in [0.4, 0.5) is 5.69 Å². The first-order valence-electron chi connectivity index (χ1n) is 13.7. The van der Waals surface area contributed by atoms with Crippen molar-refractivity contribution in [3.63, 3.8) is 0 Å². The minimum Gasteiger partial charge on any atom is -0.371 e. The Labute approximate surface area is 232 Å². The van der Waals surface area contributed by atoms with E-state index in [4.69, 9.17) is 0 Å². The van der Waals surface area contributed by atoms with E-state index in [0.717, 1.165) is 64.5 Å². The lowest BCUT2D eigenvalue weighted by atomic mass is 10.0. The van der Waals surface area contributed by atoms with Crippen LogP contribution in [0.2, 0.25) is 0 Å². The molecule has 4 heterocycles. The summed E-state index contributed by atoms with van der Waals surface area (Å²) in [6.45, 7) is 23.1. The molecule has 0 aromatic carbocycles. The quantitative estimate of drug-likeness (QED) is 0.227. The van der Waals surface area contributed by atoms with Crippen LogP contribution in [0.5, 0.6) is 0 Å². The van der Waals surface area contributed by atoms with Crippen LogP contribution in [-0.4, -0.2) is 38.2 Å². The number of nitrogens with zero attached hydrogens (tertiary/aromatic N) is 4. The number of likely N-dealkylation sites (tertiary alicyclic amines) is 1. The molecule has 0 radical (unpaired) electrons. The number of aromatic nitrogens is 4. The summed E-state index contributed by atoms with van der Waals surface area (Å²) < 4.78 is 0. The second-order valence-corrected chi connectivity index (χ2v) is 10.7. The highest BCUT2D eigenvalue weighted by Crippen LogP contribution is 2.29. The molecule has 1 fully saturated rings. The van der Waals surface area contributed by atoms with Crippen LogP contribution < -0.4 is 10.6 Å². The van der Waals surface area contributed by atoms with E-state index in [1.807, 2.05) is 24.7 Å². The van der Waals surface area contributed by atoms with Crippen LogP contribution in [0.25, 0.3) is 27.9 Å². The van der Waals surface area contributed by atoms with Crippen molar-refractivity contribution < 1.29 is 0 Å². The van der Waals surface area contributed by atoms with E-state index < -0.39 is 0 Å². The molecule has 3 aromatic heterocycles. The van der Waals surface area contributed by atoms with E-state index >= 15 is 0 Å². The molecule has 1 aliphatic heterocycles. The number of anilines is 1. The summed E-state index contributed by atoms with van der Waals surface area (Å²) in [4.78, 5) is 11.5. The molecule has 4 rings (SSSR count). The lowest BCUT2D eigenvalue weighted by Gasteiger charge is -2.32. The average molecular weight is 524 g/mol. The predicted octanol–water partition coefficient (Wildman–Crippen LogP) is 7.40. The summed E-state index contributed by atoms with van der Waals surface area (Å²) in [5, 5.41) is 15.3. The Bertz CT molecular complexity index is 1420. The third kappa shape index (κ3) is 6.85. The normalized spacial score (nSPS) is 14.8. The molecule has 1 aliphatic rings. The Morgan fingerprint density at radius 2 is 1.82 bits per heavy atom. The Hall–Kier alpha value is -4.13. The van der Waals surface area contributed by atoms with Crippen LogP contribution in [-0.2, 0) is 0 Å². The number of allylic oxidation sites excluding steroid dienone is 5. The maximum Gasteiger partial charge on any atom is 0.181 e. The highest BCUT2D eigenvalue weighted by molar-refractivity contribution is 5.90. The van der Waals surface area contributed by atoms with Crippen LogP contribution in [0.1, 0.15) is 59.1 Å². The van der Waals surface area contributed by atoms with Gasteiger partial charge in [-0.25, -0.2) is 4.98 Å². The zero-order valence-corrected chi connectivity index (χ0v) is 23.8. The molecule has 0 saturated carbocycles. The Morgan fingerprint density at radius 3 is 2.54 bits per heavy atom. The number of pyridine rings is 2. The van der Waals surface area contributed by atoms with Gasteiger partial charge >= 0.3 is 0 Å². The van der Waals surface area contributed by atoms with Gasteiger partial charge < -0.3 is 15.5 Å². The minimum atomic E-state index is 0.533. The number of hydrogen-bond donors (Lipinski definition) is 3. The van der Waals surface area contributed by atoms with Gasteiger partial charge in [-0.2, -0.15) is 5.10 Å². The van der Waals surface area contributed by atoms with E-state index in [1.165, 1.54) is 30.5 Å². The largest absolute Gasteiger partial charge is 0.371 e. The molecule has 0 aliphatic carbocycles. The van der Waals surface area contributed by atoms with Crippen LogP contribution >= 0.6 is 0 Å². The molecule has 3 aromatic rings. The van der Waals surface area contributed by atoms with Crippen molar-refractivity contribution in [1.29, 1.82) is 0 Å². The molecule has 7 heteroatoms. The van der Waals surface area contributed by atoms with Crippen LogP contribution in [0.15, 0.2) is 85.3 Å². The van der Waals surface area contributed by atoms with Gasteiger partial charge in [-0.05, 0) is 69.2 Å². The second kappa shape index (κ2) is 12.6. The van der Waals surface area contributed by atoms with Crippen molar-refractivity contribution in [2.45, 2.75) is 53.4 Å². The number of rotatable bonds is 11. The molecular weight excluding hydrogens is 482 g/mol. The van der Waals surface area contributed by atoms with E-state index in [2.05, 4.69) is 101 Å². The first-order valence-corrected chi connectivity index (χ1v) is 13.7. The third-order valence-corrected chi connectivity index (χ3v) is 7.02. The maximum atomic E-state index is 4.60. The van der Waals surface area contributed by atoms with E-state index in [0.29, 0.717) is 11.6 Å². The van der Waals surface area contributed by atoms with Crippen LogP contribution in [0, 0.1) is 5.92 Å². The summed E-state index contributed by atoms with van der Waals surface area (Å²) >= 11 is 0. The molecule has 3 N–H and O–H groups in total. The first kappa shape index (κ1) is 27.9. The number of nitrogens with one attached hydrogen (secondary N) is 3. The van der Waals surface area contributed by atoms with Crippen molar-refractivity contribution in [3.05, 3.63) is 91.0 Å². The lowest BCUT2D eigenvalue weighted by molar-refractivity contribution is 0.289. The molecule has 0 unspecified atom stereocenters. The first-order chi connectivity index (χ1) is 18.8. The van der Waals surface area contributed by atoms with Crippen molar-refractivity contribution in [2.24, 2.45) is 5.92 Å². The monoisotopic (exact) mass is 523 g/mol. The zero-order chi connectivity index (χ0) is 27.9. The van der Waals surface area contributed by atoms with Gasteiger partial charge in [0.1, 0.15) is 0 Å². The van der Waals surface area contributed by atoms with Crippen molar-refractivity contribution in [2.75, 3.05) is 18.4 Å². The fourth-order valence-corrected chi connectivity index (χ4v) is 4.99. The summed E-state index contributed by atoms with van der Waals surface area (Å²) in [6, 6.07) is 4.15. The smallest absolute Gasteiger partial charge is 0.181 e. The maximum absolute atomic E-state index is 4.60. The summed E-state index contributed by atoms with van der Waals surface area (Å²) in [5.41, 5.74) is 9.41. The predicted molar refractivity (Wildman–Crippen MR) is 164 cm³/mol. The SMILES string of the molecule is C=C/C=C(\C(C)=C(/C)NC(=C)c1[nH]nc2ncc(-c3cncc(NC(=C)CC(C)C)c3)cc12)N1CCCCC1. The fourth-order valence-electron chi connectivity index (χ4n) is 4.99. The average Bonchev–Trinajstić information content (AvgIpc) is 3.35. The van der Waals surface area contributed by atoms with E-state index in [-0.39, 0.29) is 0 Å². The molecule has 204 valence electrons. The van der Waals surface area contributed by atoms with E-state index in [1.54, 1.807) is 0 Å². The number of aromatic amines is 1. The third-order valence-electron chi connectivity index (χ3n) is 7.02. The van der Waals surface area contributed by atoms with Gasteiger partial charge in [0, 0.05) is 59.1 Å². The Balaban J connectivity index is 1.57. The molecule has 7 nitrogen and oxygen atoms in total. The van der Waals surface area contributed by atoms with Crippen LogP contribution in [0.3, 0.4) is 0 Å². The molecule has 0 bridgehead atoms. The number of piperidine rings is 1. The summed E-state index contributed by atoms with van der Waals surface area (Å²) in [6.07, 6.45) is 14.1. The molecular formula is C32H41N7. The van der Waals surface area contributed by atoms with E-state index in [9.17, 15) is 0 Å². The van der Waals surface area contributed by atoms with Gasteiger partial charge in [0.25, 0.3) is 0 Å². The Kier molecular flexibility index (Phi) is 9.02. The van der Waals surface area contributed by atoms with Gasteiger partial charge in [-0.15, -0.1) is 0 Å². The summed E-state index contributed by atoms with van der Waals surface area (Å²) in [7, 11) is 0. The Morgan fingerprint density at radius 1 is 1.08 bits per heavy atom. The van der Waals surface area contributed by atoms with Crippen molar-refractivity contribution in [1.82, 2.24) is 30.4 Å². The zero-order valence-electron chi connectivity index (χ0n) is 23.8. The molecule has 39 heavy (non-hydrogen) atoms. The molecule has 0 amide bonds. The molecule has 1 saturated heterocycles. The van der Waals surface area contributed by atoms with Gasteiger partial charge in [-0.1, -0.05) is 39.7 Å². The lowest BCUT2D eigenvalue weighted by Crippen LogP contribution is -2.30. The molecule has 0 spiro atoms. The van der Waals surface area contributed by atoms with Gasteiger partial charge in [0.15, 0.2) is 5.65 Å². The number of H-pyrrole nitrogens is 1. The highest BCUT2D eigenvalue weighted by Gasteiger charge is 2.17. The molecule has 0 atom stereocenters. The highest BCUT2D eigenvalue weighted by atomic mass is 15.2. The summed E-state index contributed by atoms with van der Waals surface area (Å²) in [5.74, 6) is 0.533. The van der Waals surface area contributed by atoms with Crippen molar-refractivity contribution in [3.8, 4) is 11.1 Å². The van der Waals surface area contributed by atoms with Crippen molar-refractivity contribution >= 4 is 22.4 Å². The van der Waals surface area contributed by atoms with Gasteiger partial charge in [-0.3, -0.25) is 10.1 Å². The topological polar surface area (TPSA) is 81.8 Å². The number of fused-ring (bicyclic) bond motifs is 1. The second-order valence-electron chi connectivity index (χ2n) is 10.7. The standard InChI is InChI=1S/C32H41N7/c1-8-12-30(39-13-10-9-11-14-39)23(5)24(6)36-25(7)31-29-17-27(19-34-32(29)38-37-31)26-16-28(20-33-18-26)35-22(4)15-21(2)3/h8,12,16-21,35-36H,1,4,7,9-11,13-15H2,2-3,5-6H3,(H,34,37,38)/b24-23+,30-12+. The van der Waals surface area contributed by atoms with Gasteiger partial charge in [0.05, 0.1) is 23.3 Å². The van der Waals surface area contributed by atoms with Gasteiger partial charge in [0.2, 0.25) is 0 Å². The minimum absolute atomic E-state index is 0.533. The fraction of sp³-hybridized carbons (Fsp3) is 0.344.